The highest BCUT2D eigenvalue weighted by atomic mass is 19.4. The van der Waals surface area contributed by atoms with Crippen LogP contribution in [0.4, 0.5) is 27.8 Å². The summed E-state index contributed by atoms with van der Waals surface area (Å²) in [6.07, 6.45) is -3.59. The minimum absolute atomic E-state index is 0.000909. The first-order valence-electron chi connectivity index (χ1n) is 11.3. The Hall–Kier alpha value is -3.77. The Morgan fingerprint density at radius 2 is 1.89 bits per heavy atom. The van der Waals surface area contributed by atoms with Crippen molar-refractivity contribution < 1.29 is 31.5 Å². The number of halogens is 5. The molecule has 3 aromatic rings. The van der Waals surface area contributed by atoms with Crippen molar-refractivity contribution in [2.24, 2.45) is 0 Å². The summed E-state index contributed by atoms with van der Waals surface area (Å²) in [5.41, 5.74) is 6.08. The van der Waals surface area contributed by atoms with E-state index < -0.39 is 42.2 Å². The molecule has 0 spiro atoms. The molecule has 2 aromatic heterocycles. The summed E-state index contributed by atoms with van der Waals surface area (Å²) in [6, 6.07) is 3.17. The van der Waals surface area contributed by atoms with E-state index in [0.717, 1.165) is 17.2 Å². The van der Waals surface area contributed by atoms with Crippen LogP contribution in [0.3, 0.4) is 0 Å². The molecule has 0 bridgehead atoms. The van der Waals surface area contributed by atoms with E-state index in [9.17, 15) is 31.5 Å². The van der Waals surface area contributed by atoms with Crippen LogP contribution < -0.4 is 5.73 Å². The Kier molecular flexibility index (Phi) is 5.80. The number of nitrogens with two attached hydrogens (primary N) is 1. The number of hydrogen-bond acceptors (Lipinski definition) is 5. The van der Waals surface area contributed by atoms with E-state index in [2.05, 4.69) is 10.1 Å². The maximum absolute atomic E-state index is 14.0. The number of alkyl halides is 3. The van der Waals surface area contributed by atoms with Crippen molar-refractivity contribution in [2.75, 3.05) is 25.4 Å². The summed E-state index contributed by atoms with van der Waals surface area (Å²) in [7, 11) is 0. The fourth-order valence-corrected chi connectivity index (χ4v) is 4.83. The summed E-state index contributed by atoms with van der Waals surface area (Å²) < 4.78 is 69.2. The first-order valence-corrected chi connectivity index (χ1v) is 11.3. The maximum Gasteiger partial charge on any atom is 0.408 e. The van der Waals surface area contributed by atoms with Crippen LogP contribution in [0, 0.1) is 11.6 Å². The lowest BCUT2D eigenvalue weighted by atomic mass is 9.93. The van der Waals surface area contributed by atoms with E-state index in [1.807, 2.05) is 0 Å². The smallest absolute Gasteiger partial charge is 0.384 e. The molecule has 0 aliphatic carbocycles. The number of likely N-dealkylation sites (tertiary alicyclic amines) is 2. The van der Waals surface area contributed by atoms with Gasteiger partial charge in [0.1, 0.15) is 24.2 Å². The van der Waals surface area contributed by atoms with Gasteiger partial charge < -0.3 is 15.5 Å². The average molecular weight is 508 g/mol. The fourth-order valence-electron chi connectivity index (χ4n) is 4.83. The molecule has 1 atom stereocenters. The minimum atomic E-state index is -4.53. The van der Waals surface area contributed by atoms with Gasteiger partial charge in [0.2, 0.25) is 5.91 Å². The predicted molar refractivity (Wildman–Crippen MR) is 118 cm³/mol. The summed E-state index contributed by atoms with van der Waals surface area (Å²) in [5.74, 6) is -3.02. The van der Waals surface area contributed by atoms with E-state index in [0.29, 0.717) is 11.1 Å². The molecule has 1 aromatic carbocycles. The van der Waals surface area contributed by atoms with Crippen LogP contribution in [0.25, 0.3) is 10.9 Å². The Labute approximate surface area is 201 Å². The molecule has 2 fully saturated rings. The lowest BCUT2D eigenvalue weighted by Gasteiger charge is -2.38. The lowest BCUT2D eigenvalue weighted by molar-refractivity contribution is -0.183. The van der Waals surface area contributed by atoms with Crippen molar-refractivity contribution in [3.8, 4) is 0 Å². The molecular weight excluding hydrogens is 487 g/mol. The summed E-state index contributed by atoms with van der Waals surface area (Å²) in [4.78, 5) is 31.3. The zero-order chi connectivity index (χ0) is 25.8. The number of amides is 2. The summed E-state index contributed by atoms with van der Waals surface area (Å²) in [6.45, 7) is -0.136. The number of pyridine rings is 1. The van der Waals surface area contributed by atoms with Crippen LogP contribution in [0.1, 0.15) is 34.8 Å². The van der Waals surface area contributed by atoms with Crippen molar-refractivity contribution in [3.63, 3.8) is 0 Å². The number of nitrogen functional groups attached to an aromatic ring is 1. The fraction of sp³-hybridized carbons (Fsp3) is 0.391. The summed E-state index contributed by atoms with van der Waals surface area (Å²) in [5, 5.41) is 4.95. The van der Waals surface area contributed by atoms with Gasteiger partial charge in [-0.15, -0.1) is 0 Å². The highest BCUT2D eigenvalue weighted by Crippen LogP contribution is 2.35. The molecule has 2 aliphatic heterocycles. The van der Waals surface area contributed by atoms with Crippen LogP contribution in [0.5, 0.6) is 0 Å². The maximum atomic E-state index is 14.0. The van der Waals surface area contributed by atoms with Gasteiger partial charge in [-0.2, -0.15) is 18.3 Å². The number of hydrogen-bond donors (Lipinski definition) is 1. The molecule has 4 heterocycles. The van der Waals surface area contributed by atoms with Crippen LogP contribution in [0.2, 0.25) is 0 Å². The van der Waals surface area contributed by atoms with Crippen molar-refractivity contribution in [1.82, 2.24) is 24.6 Å². The van der Waals surface area contributed by atoms with Crippen molar-refractivity contribution >= 4 is 28.5 Å². The van der Waals surface area contributed by atoms with Gasteiger partial charge in [-0.1, -0.05) is 0 Å². The Morgan fingerprint density at radius 3 is 2.61 bits per heavy atom. The van der Waals surface area contributed by atoms with Gasteiger partial charge >= 0.3 is 6.18 Å². The molecule has 0 radical (unpaired) electrons. The van der Waals surface area contributed by atoms with Crippen molar-refractivity contribution in [1.29, 1.82) is 0 Å². The Bertz CT molecular complexity index is 1350. The number of anilines is 1. The molecule has 2 aliphatic rings. The van der Waals surface area contributed by atoms with E-state index in [4.69, 9.17) is 5.73 Å². The molecule has 0 saturated carbocycles. The van der Waals surface area contributed by atoms with Crippen LogP contribution in [-0.2, 0) is 11.3 Å². The zero-order valence-electron chi connectivity index (χ0n) is 18.8. The number of nitrogens with zero attached hydrogens (tertiary/aromatic N) is 5. The SMILES string of the molecule is Nc1cc(C(=O)N2CC(c3nn(CC(=O)N4CCC[C@H]4C(F)(F)F)c4cc(F)ccc34)C2)c(F)cn1. The Balaban J connectivity index is 1.37. The average Bonchev–Trinajstić information content (AvgIpc) is 3.40. The predicted octanol–water partition coefficient (Wildman–Crippen LogP) is 3.08. The van der Waals surface area contributed by atoms with Gasteiger partial charge in [0.25, 0.3) is 5.91 Å². The molecule has 2 N–H and O–H groups in total. The molecule has 0 unspecified atom stereocenters. The first kappa shape index (κ1) is 23.9. The van der Waals surface area contributed by atoms with E-state index in [1.54, 1.807) is 0 Å². The largest absolute Gasteiger partial charge is 0.408 e. The third-order valence-corrected chi connectivity index (χ3v) is 6.64. The monoisotopic (exact) mass is 508 g/mol. The van der Waals surface area contributed by atoms with Gasteiger partial charge in [0.05, 0.1) is 23.0 Å². The van der Waals surface area contributed by atoms with E-state index in [-0.39, 0.29) is 55.3 Å². The van der Waals surface area contributed by atoms with E-state index in [1.165, 1.54) is 27.8 Å². The summed E-state index contributed by atoms with van der Waals surface area (Å²) >= 11 is 0. The second kappa shape index (κ2) is 8.71. The van der Waals surface area contributed by atoms with Gasteiger partial charge in [-0.25, -0.2) is 13.8 Å². The molecule has 13 heteroatoms. The highest BCUT2D eigenvalue weighted by Gasteiger charge is 2.47. The molecule has 36 heavy (non-hydrogen) atoms. The molecule has 5 rings (SSSR count). The topological polar surface area (TPSA) is 97.3 Å². The van der Waals surface area contributed by atoms with E-state index >= 15 is 0 Å². The van der Waals surface area contributed by atoms with Crippen molar-refractivity contribution in [3.05, 3.63) is 53.4 Å². The quantitative estimate of drug-likeness (QED) is 0.547. The molecule has 2 saturated heterocycles. The second-order valence-corrected chi connectivity index (χ2v) is 8.99. The third-order valence-electron chi connectivity index (χ3n) is 6.64. The van der Waals surface area contributed by atoms with Crippen molar-refractivity contribution in [2.45, 2.75) is 37.5 Å². The van der Waals surface area contributed by atoms with Gasteiger partial charge in [0, 0.05) is 30.9 Å². The van der Waals surface area contributed by atoms with Gasteiger partial charge in [-0.05, 0) is 37.1 Å². The lowest BCUT2D eigenvalue weighted by Crippen LogP contribution is -2.49. The second-order valence-electron chi connectivity index (χ2n) is 8.99. The first-order chi connectivity index (χ1) is 17.0. The molecule has 190 valence electrons. The number of benzene rings is 1. The number of fused-ring (bicyclic) bond motifs is 1. The normalized spacial score (nSPS) is 18.6. The molecule has 2 amide bonds. The van der Waals surface area contributed by atoms with Crippen LogP contribution in [-0.4, -0.2) is 68.2 Å². The minimum Gasteiger partial charge on any atom is -0.384 e. The molecule has 8 nitrogen and oxygen atoms in total. The number of carbonyl (C=O) groups is 2. The number of carbonyl (C=O) groups excluding carboxylic acids is 2. The Morgan fingerprint density at radius 1 is 1.14 bits per heavy atom. The standard InChI is InChI=1S/C23H21F5N6O2/c24-13-3-4-14-17(6-13)34(11-20(35)33-5-1-2-18(33)23(26,27)28)31-21(14)12-9-32(10-12)22(36)15-7-19(29)30-8-16(15)25/h3-4,6-8,12,18H,1-2,5,9-11H2,(H2,29,30)/t18-/m0/s1. The highest BCUT2D eigenvalue weighted by molar-refractivity contribution is 5.96. The third kappa shape index (κ3) is 4.22. The number of rotatable bonds is 4. The van der Waals surface area contributed by atoms with Gasteiger partial charge in [0.15, 0.2) is 5.82 Å². The molecular formula is C23H21F5N6O2. The van der Waals surface area contributed by atoms with Gasteiger partial charge in [-0.3, -0.25) is 14.3 Å². The van der Waals surface area contributed by atoms with Crippen LogP contribution >= 0.6 is 0 Å². The zero-order valence-corrected chi connectivity index (χ0v) is 18.8. The number of aromatic nitrogens is 3. The van der Waals surface area contributed by atoms with Crippen LogP contribution in [0.15, 0.2) is 30.5 Å².